The van der Waals surface area contributed by atoms with Crippen molar-refractivity contribution in [2.24, 2.45) is 0 Å². The molecule has 4 heteroatoms. The summed E-state index contributed by atoms with van der Waals surface area (Å²) in [5.74, 6) is 1.98. The molecule has 2 nitrogen and oxygen atoms in total. The third-order valence-electron chi connectivity index (χ3n) is 3.23. The van der Waals surface area contributed by atoms with E-state index in [1.165, 1.54) is 11.1 Å². The lowest BCUT2D eigenvalue weighted by Gasteiger charge is -2.06. The Morgan fingerprint density at radius 2 is 1.73 bits per heavy atom. The summed E-state index contributed by atoms with van der Waals surface area (Å²) < 4.78 is 0. The van der Waals surface area contributed by atoms with Crippen LogP contribution in [-0.2, 0) is 17.0 Å². The summed E-state index contributed by atoms with van der Waals surface area (Å²) in [4.78, 5) is 11.8. The number of halogens is 1. The monoisotopic (exact) mass is 333 g/mol. The van der Waals surface area contributed by atoms with Gasteiger partial charge in [0.15, 0.2) is 0 Å². The van der Waals surface area contributed by atoms with Gasteiger partial charge < -0.3 is 5.32 Å². The number of carbonyl (C=O) groups excluding carboxylic acids is 1. The molecule has 0 aliphatic carbocycles. The van der Waals surface area contributed by atoms with Gasteiger partial charge in [0.25, 0.3) is 0 Å². The van der Waals surface area contributed by atoms with Crippen molar-refractivity contribution in [2.75, 3.05) is 12.3 Å². The van der Waals surface area contributed by atoms with E-state index in [9.17, 15) is 4.79 Å². The first-order chi connectivity index (χ1) is 10.7. The van der Waals surface area contributed by atoms with E-state index in [0.29, 0.717) is 13.0 Å². The molecule has 1 N–H and O–H groups in total. The van der Waals surface area contributed by atoms with Crippen LogP contribution in [0.5, 0.6) is 0 Å². The number of hydrogen-bond acceptors (Lipinski definition) is 2. The Hall–Kier alpha value is -1.45. The average molecular weight is 334 g/mol. The minimum Gasteiger partial charge on any atom is -0.355 e. The van der Waals surface area contributed by atoms with Crippen LogP contribution in [0.2, 0.25) is 5.02 Å². The number of thioether (sulfide) groups is 1. The van der Waals surface area contributed by atoms with Gasteiger partial charge in [-0.05, 0) is 29.7 Å². The number of rotatable bonds is 8. The third kappa shape index (κ3) is 6.54. The number of amides is 1. The first-order valence-electron chi connectivity index (χ1n) is 7.37. The van der Waals surface area contributed by atoms with Crippen LogP contribution in [0.4, 0.5) is 0 Å². The minimum absolute atomic E-state index is 0.121. The lowest BCUT2D eigenvalue weighted by molar-refractivity contribution is -0.120. The highest BCUT2D eigenvalue weighted by molar-refractivity contribution is 7.98. The second kappa shape index (κ2) is 9.54. The van der Waals surface area contributed by atoms with Gasteiger partial charge in [0, 0.05) is 29.5 Å². The van der Waals surface area contributed by atoms with Crippen LogP contribution in [0.1, 0.15) is 17.5 Å². The minimum atomic E-state index is 0.121. The summed E-state index contributed by atoms with van der Waals surface area (Å²) in [6.07, 6.45) is 1.34. The molecule has 0 saturated heterocycles. The molecule has 2 aromatic carbocycles. The zero-order valence-electron chi connectivity index (χ0n) is 12.4. The van der Waals surface area contributed by atoms with Crippen LogP contribution in [0, 0.1) is 0 Å². The van der Waals surface area contributed by atoms with Crippen molar-refractivity contribution in [1.29, 1.82) is 0 Å². The fourth-order valence-electron chi connectivity index (χ4n) is 2.02. The summed E-state index contributed by atoms with van der Waals surface area (Å²) in [5.41, 5.74) is 2.46. The summed E-state index contributed by atoms with van der Waals surface area (Å²) in [6.45, 7) is 0.714. The molecule has 0 atom stereocenters. The fourth-order valence-corrected chi connectivity index (χ4v) is 2.97. The van der Waals surface area contributed by atoms with E-state index in [-0.39, 0.29) is 5.91 Å². The molecule has 22 heavy (non-hydrogen) atoms. The summed E-state index contributed by atoms with van der Waals surface area (Å²) in [5, 5.41) is 3.73. The van der Waals surface area contributed by atoms with Gasteiger partial charge in [-0.3, -0.25) is 4.79 Å². The molecule has 0 aliphatic rings. The van der Waals surface area contributed by atoms with Gasteiger partial charge in [0.2, 0.25) is 5.91 Å². The van der Waals surface area contributed by atoms with E-state index >= 15 is 0 Å². The van der Waals surface area contributed by atoms with E-state index in [2.05, 4.69) is 17.4 Å². The molecule has 0 bridgehead atoms. The van der Waals surface area contributed by atoms with Crippen molar-refractivity contribution in [1.82, 2.24) is 5.32 Å². The zero-order valence-corrected chi connectivity index (χ0v) is 14.0. The number of hydrogen-bond donors (Lipinski definition) is 1. The number of nitrogens with one attached hydrogen (secondary N) is 1. The molecule has 0 heterocycles. The van der Waals surface area contributed by atoms with Gasteiger partial charge >= 0.3 is 0 Å². The lowest BCUT2D eigenvalue weighted by Crippen LogP contribution is -2.25. The Balaban J connectivity index is 1.54. The zero-order chi connectivity index (χ0) is 15.6. The highest BCUT2D eigenvalue weighted by Gasteiger charge is 2.01. The maximum absolute atomic E-state index is 11.8. The molecule has 0 fully saturated rings. The average Bonchev–Trinajstić information content (AvgIpc) is 2.55. The third-order valence-corrected chi connectivity index (χ3v) is 4.52. The summed E-state index contributed by atoms with van der Waals surface area (Å²) >= 11 is 7.66. The molecular weight excluding hydrogens is 314 g/mol. The molecule has 0 aliphatic heterocycles. The second-order valence-corrected chi connectivity index (χ2v) is 6.56. The van der Waals surface area contributed by atoms with Crippen molar-refractivity contribution in [3.8, 4) is 0 Å². The van der Waals surface area contributed by atoms with Gasteiger partial charge in [-0.15, -0.1) is 0 Å². The quantitative estimate of drug-likeness (QED) is 0.729. The van der Waals surface area contributed by atoms with E-state index in [1.54, 1.807) is 0 Å². The van der Waals surface area contributed by atoms with Gasteiger partial charge in [-0.2, -0.15) is 11.8 Å². The van der Waals surface area contributed by atoms with Gasteiger partial charge in [-0.1, -0.05) is 54.1 Å². The largest absolute Gasteiger partial charge is 0.355 e. The number of aryl methyl sites for hydroxylation is 1. The Morgan fingerprint density at radius 3 is 2.45 bits per heavy atom. The smallest absolute Gasteiger partial charge is 0.220 e. The molecule has 0 spiro atoms. The van der Waals surface area contributed by atoms with E-state index in [0.717, 1.165) is 22.9 Å². The Morgan fingerprint density at radius 1 is 1.00 bits per heavy atom. The van der Waals surface area contributed by atoms with Crippen molar-refractivity contribution >= 4 is 29.3 Å². The number of benzene rings is 2. The highest BCUT2D eigenvalue weighted by atomic mass is 35.5. The predicted molar refractivity (Wildman–Crippen MR) is 95.4 cm³/mol. The van der Waals surface area contributed by atoms with Crippen molar-refractivity contribution in [3.05, 3.63) is 70.7 Å². The molecule has 1 amide bonds. The molecule has 0 unspecified atom stereocenters. The van der Waals surface area contributed by atoms with Crippen molar-refractivity contribution < 1.29 is 4.79 Å². The molecule has 116 valence electrons. The van der Waals surface area contributed by atoms with Gasteiger partial charge in [0.1, 0.15) is 0 Å². The first kappa shape index (κ1) is 16.9. The fraction of sp³-hybridized carbons (Fsp3) is 0.278. The topological polar surface area (TPSA) is 29.1 Å². The Bertz CT molecular complexity index is 571. The van der Waals surface area contributed by atoms with Crippen LogP contribution >= 0.6 is 23.4 Å². The highest BCUT2D eigenvalue weighted by Crippen LogP contribution is 2.15. The van der Waals surface area contributed by atoms with Gasteiger partial charge in [-0.25, -0.2) is 0 Å². The molecule has 0 aromatic heterocycles. The van der Waals surface area contributed by atoms with Crippen molar-refractivity contribution in [3.63, 3.8) is 0 Å². The molecular formula is C18H20ClNOS. The van der Waals surface area contributed by atoms with E-state index in [1.807, 2.05) is 54.2 Å². The first-order valence-corrected chi connectivity index (χ1v) is 8.90. The maximum Gasteiger partial charge on any atom is 0.220 e. The van der Waals surface area contributed by atoms with E-state index in [4.69, 9.17) is 11.6 Å². The van der Waals surface area contributed by atoms with Crippen LogP contribution in [0.25, 0.3) is 0 Å². The maximum atomic E-state index is 11.8. The van der Waals surface area contributed by atoms with Crippen LogP contribution < -0.4 is 5.32 Å². The standard InChI is InChI=1S/C18H20ClNOS/c19-17-9-6-16(7-10-17)14-22-13-12-20-18(21)11-8-15-4-2-1-3-5-15/h1-7,9-10H,8,11-14H2,(H,20,21). The summed E-state index contributed by atoms with van der Waals surface area (Å²) in [6, 6.07) is 18.0. The predicted octanol–water partition coefficient (Wildman–Crippen LogP) is 4.32. The van der Waals surface area contributed by atoms with Crippen LogP contribution in [-0.4, -0.2) is 18.2 Å². The van der Waals surface area contributed by atoms with Crippen LogP contribution in [0.15, 0.2) is 54.6 Å². The Kier molecular flexibility index (Phi) is 7.34. The molecule has 2 rings (SSSR count). The number of carbonyl (C=O) groups is 1. The Labute approximate surface area is 141 Å². The normalized spacial score (nSPS) is 10.4. The lowest BCUT2D eigenvalue weighted by atomic mass is 10.1. The van der Waals surface area contributed by atoms with Crippen molar-refractivity contribution in [2.45, 2.75) is 18.6 Å². The SMILES string of the molecule is O=C(CCc1ccccc1)NCCSCc1ccc(Cl)cc1. The summed E-state index contributed by atoms with van der Waals surface area (Å²) in [7, 11) is 0. The molecule has 0 radical (unpaired) electrons. The van der Waals surface area contributed by atoms with E-state index < -0.39 is 0 Å². The molecule has 2 aromatic rings. The van der Waals surface area contributed by atoms with Crippen LogP contribution in [0.3, 0.4) is 0 Å². The molecule has 0 saturated carbocycles. The van der Waals surface area contributed by atoms with Gasteiger partial charge in [0.05, 0.1) is 0 Å². The second-order valence-electron chi connectivity index (χ2n) is 5.01.